The average Bonchev–Trinajstić information content (AvgIpc) is 2.53. The first-order valence-electron chi connectivity index (χ1n) is 9.55. The van der Waals surface area contributed by atoms with Crippen molar-refractivity contribution in [3.63, 3.8) is 0 Å². The molecule has 0 aromatic rings. The first kappa shape index (κ1) is 17.8. The number of aliphatic carboxylic acids is 1. The van der Waals surface area contributed by atoms with Crippen LogP contribution in [0.2, 0.25) is 0 Å². The summed E-state index contributed by atoms with van der Waals surface area (Å²) in [6.07, 6.45) is 14.7. The molecule has 0 aliphatic heterocycles. The van der Waals surface area contributed by atoms with Crippen molar-refractivity contribution in [2.45, 2.75) is 90.1 Å². The molecule has 1 N–H and O–H groups in total. The number of hydrogen-bond acceptors (Lipinski definition) is 2. The minimum Gasteiger partial charge on any atom is -0.481 e. The van der Waals surface area contributed by atoms with Crippen LogP contribution < -0.4 is 0 Å². The molecule has 2 rings (SSSR count). The first-order valence-corrected chi connectivity index (χ1v) is 9.55. The van der Waals surface area contributed by atoms with E-state index in [2.05, 4.69) is 6.92 Å². The molecule has 3 heteroatoms. The number of carboxylic acids is 1. The van der Waals surface area contributed by atoms with Gasteiger partial charge in [0.25, 0.3) is 0 Å². The topological polar surface area (TPSA) is 46.5 Å². The lowest BCUT2D eigenvalue weighted by Gasteiger charge is -2.41. The molecule has 4 atom stereocenters. The molecule has 0 aromatic carbocycles. The second-order valence-corrected chi connectivity index (χ2v) is 7.44. The highest BCUT2D eigenvalue weighted by Crippen LogP contribution is 2.43. The molecular formula is C19H34O3. The van der Waals surface area contributed by atoms with Crippen molar-refractivity contribution < 1.29 is 14.6 Å². The molecule has 2 aliphatic carbocycles. The largest absolute Gasteiger partial charge is 0.481 e. The van der Waals surface area contributed by atoms with Gasteiger partial charge >= 0.3 is 5.97 Å². The van der Waals surface area contributed by atoms with E-state index < -0.39 is 5.97 Å². The SMILES string of the molecule is CCCCCCCCOC1CCC2CC(C(=O)O)CCC2C1. The molecule has 0 amide bonds. The van der Waals surface area contributed by atoms with E-state index in [-0.39, 0.29) is 5.92 Å². The average molecular weight is 310 g/mol. The Morgan fingerprint density at radius 3 is 2.41 bits per heavy atom. The number of rotatable bonds is 9. The number of carboxylic acid groups (broad SMARTS) is 1. The zero-order valence-electron chi connectivity index (χ0n) is 14.3. The lowest BCUT2D eigenvalue weighted by Crippen LogP contribution is -2.36. The maximum absolute atomic E-state index is 11.1. The summed E-state index contributed by atoms with van der Waals surface area (Å²) in [4.78, 5) is 11.1. The van der Waals surface area contributed by atoms with E-state index >= 15 is 0 Å². The van der Waals surface area contributed by atoms with Gasteiger partial charge in [-0.2, -0.15) is 0 Å². The van der Waals surface area contributed by atoms with Gasteiger partial charge in [0, 0.05) is 6.61 Å². The van der Waals surface area contributed by atoms with Gasteiger partial charge in [-0.25, -0.2) is 0 Å². The minimum atomic E-state index is -0.583. The van der Waals surface area contributed by atoms with Gasteiger partial charge in [0.2, 0.25) is 0 Å². The Morgan fingerprint density at radius 2 is 1.64 bits per heavy atom. The van der Waals surface area contributed by atoms with E-state index in [1.807, 2.05) is 0 Å². The molecule has 0 spiro atoms. The summed E-state index contributed by atoms with van der Waals surface area (Å²) in [5.41, 5.74) is 0. The normalized spacial score (nSPS) is 31.7. The Balaban J connectivity index is 1.57. The van der Waals surface area contributed by atoms with E-state index in [1.165, 1.54) is 51.4 Å². The van der Waals surface area contributed by atoms with Crippen LogP contribution in [0.1, 0.15) is 84.0 Å². The highest BCUT2D eigenvalue weighted by Gasteiger charge is 2.37. The zero-order chi connectivity index (χ0) is 15.8. The van der Waals surface area contributed by atoms with Crippen LogP contribution in [0.4, 0.5) is 0 Å². The third kappa shape index (κ3) is 5.57. The summed E-state index contributed by atoms with van der Waals surface area (Å²) in [6, 6.07) is 0. The Morgan fingerprint density at radius 1 is 0.955 bits per heavy atom. The van der Waals surface area contributed by atoms with Crippen LogP contribution in [0.15, 0.2) is 0 Å². The van der Waals surface area contributed by atoms with Crippen molar-refractivity contribution in [2.24, 2.45) is 17.8 Å². The standard InChI is InChI=1S/C19H34O3/c1-2-3-4-5-6-7-12-22-18-11-10-15-13-17(19(20)21)9-8-16(15)14-18/h15-18H,2-14H2,1H3,(H,20,21). The first-order chi connectivity index (χ1) is 10.7. The number of fused-ring (bicyclic) bond motifs is 1. The molecule has 0 radical (unpaired) electrons. The quantitative estimate of drug-likeness (QED) is 0.607. The number of hydrogen-bond donors (Lipinski definition) is 1. The van der Waals surface area contributed by atoms with Crippen LogP contribution in [-0.2, 0) is 9.53 Å². The molecule has 0 aromatic heterocycles. The summed E-state index contributed by atoms with van der Waals surface area (Å²) < 4.78 is 6.10. The smallest absolute Gasteiger partial charge is 0.306 e. The molecule has 0 heterocycles. The second kappa shape index (κ2) is 9.54. The molecule has 22 heavy (non-hydrogen) atoms. The molecule has 0 bridgehead atoms. The van der Waals surface area contributed by atoms with Crippen molar-refractivity contribution in [1.82, 2.24) is 0 Å². The van der Waals surface area contributed by atoms with Crippen molar-refractivity contribution in [3.05, 3.63) is 0 Å². The molecule has 2 fully saturated rings. The van der Waals surface area contributed by atoms with E-state index in [0.717, 1.165) is 38.2 Å². The predicted molar refractivity (Wildman–Crippen MR) is 88.9 cm³/mol. The summed E-state index contributed by atoms with van der Waals surface area (Å²) in [5, 5.41) is 9.18. The molecule has 3 nitrogen and oxygen atoms in total. The second-order valence-electron chi connectivity index (χ2n) is 7.44. The Kier molecular flexibility index (Phi) is 7.71. The van der Waals surface area contributed by atoms with Gasteiger partial charge in [-0.15, -0.1) is 0 Å². The maximum atomic E-state index is 11.1. The van der Waals surface area contributed by atoms with Crippen molar-refractivity contribution in [1.29, 1.82) is 0 Å². The fourth-order valence-electron chi connectivity index (χ4n) is 4.35. The minimum absolute atomic E-state index is 0.0816. The fraction of sp³-hybridized carbons (Fsp3) is 0.947. The summed E-state index contributed by atoms with van der Waals surface area (Å²) >= 11 is 0. The predicted octanol–water partition coefficient (Wildman–Crippen LogP) is 5.03. The fourth-order valence-corrected chi connectivity index (χ4v) is 4.35. The van der Waals surface area contributed by atoms with Crippen molar-refractivity contribution >= 4 is 5.97 Å². The highest BCUT2D eigenvalue weighted by molar-refractivity contribution is 5.70. The van der Waals surface area contributed by atoms with E-state index in [9.17, 15) is 9.90 Å². The molecule has 2 saturated carbocycles. The van der Waals surface area contributed by atoms with Crippen LogP contribution in [-0.4, -0.2) is 23.8 Å². The van der Waals surface area contributed by atoms with Crippen LogP contribution in [0.25, 0.3) is 0 Å². The maximum Gasteiger partial charge on any atom is 0.306 e. The number of unbranched alkanes of at least 4 members (excludes halogenated alkanes) is 5. The summed E-state index contributed by atoms with van der Waals surface area (Å²) in [7, 11) is 0. The van der Waals surface area contributed by atoms with E-state index in [0.29, 0.717) is 12.0 Å². The van der Waals surface area contributed by atoms with Crippen molar-refractivity contribution in [3.8, 4) is 0 Å². The van der Waals surface area contributed by atoms with Crippen LogP contribution in [0.3, 0.4) is 0 Å². The molecule has 0 saturated heterocycles. The lowest BCUT2D eigenvalue weighted by atomic mass is 9.67. The van der Waals surface area contributed by atoms with Gasteiger partial charge < -0.3 is 9.84 Å². The Bertz CT molecular complexity index is 329. The van der Waals surface area contributed by atoms with Crippen molar-refractivity contribution in [2.75, 3.05) is 6.61 Å². The molecular weight excluding hydrogens is 276 g/mol. The third-order valence-electron chi connectivity index (χ3n) is 5.77. The van der Waals surface area contributed by atoms with Crippen LogP contribution >= 0.6 is 0 Å². The van der Waals surface area contributed by atoms with Crippen LogP contribution in [0.5, 0.6) is 0 Å². The van der Waals surface area contributed by atoms with Crippen LogP contribution in [0, 0.1) is 17.8 Å². The monoisotopic (exact) mass is 310 g/mol. The zero-order valence-corrected chi connectivity index (χ0v) is 14.3. The highest BCUT2D eigenvalue weighted by atomic mass is 16.5. The Hall–Kier alpha value is -0.570. The summed E-state index contributed by atoms with van der Waals surface area (Å²) in [5.74, 6) is 0.699. The number of carbonyl (C=O) groups is 1. The van der Waals surface area contributed by atoms with Gasteiger partial charge in [0.1, 0.15) is 0 Å². The number of ether oxygens (including phenoxy) is 1. The van der Waals surface area contributed by atoms with E-state index in [4.69, 9.17) is 4.74 Å². The van der Waals surface area contributed by atoms with Gasteiger partial charge in [-0.1, -0.05) is 39.0 Å². The lowest BCUT2D eigenvalue weighted by molar-refractivity contribution is -0.144. The Labute approximate surface area is 135 Å². The van der Waals surface area contributed by atoms with E-state index in [1.54, 1.807) is 0 Å². The molecule has 4 unspecified atom stereocenters. The summed E-state index contributed by atoms with van der Waals surface area (Å²) in [6.45, 7) is 3.18. The van der Waals surface area contributed by atoms with Gasteiger partial charge in [0.05, 0.1) is 12.0 Å². The van der Waals surface area contributed by atoms with Gasteiger partial charge in [-0.05, 0) is 56.8 Å². The molecule has 128 valence electrons. The molecule has 2 aliphatic rings. The third-order valence-corrected chi connectivity index (χ3v) is 5.77. The van der Waals surface area contributed by atoms with Gasteiger partial charge in [-0.3, -0.25) is 4.79 Å². The van der Waals surface area contributed by atoms with Gasteiger partial charge in [0.15, 0.2) is 0 Å².